The number of para-hydroxylation sites is 2. The number of nitrogens with one attached hydrogen (secondary N) is 1. The summed E-state index contributed by atoms with van der Waals surface area (Å²) in [5.41, 5.74) is -0.562. The lowest BCUT2D eigenvalue weighted by atomic mass is 10.3. The quantitative estimate of drug-likeness (QED) is 0.558. The van der Waals surface area contributed by atoms with Crippen LogP contribution in [0.4, 0.5) is 0 Å². The number of aliphatic hydroxyl groups is 1. The van der Waals surface area contributed by atoms with E-state index in [1.807, 2.05) is 0 Å². The number of hydrogen-bond acceptors (Lipinski definition) is 7. The molecule has 0 unspecified atom stereocenters. The van der Waals surface area contributed by atoms with E-state index in [2.05, 4.69) is 10.4 Å². The predicted molar refractivity (Wildman–Crippen MR) is 88.3 cm³/mol. The van der Waals surface area contributed by atoms with Gasteiger partial charge in [0.1, 0.15) is 11.4 Å². The van der Waals surface area contributed by atoms with Crippen LogP contribution >= 0.6 is 0 Å². The van der Waals surface area contributed by atoms with E-state index in [1.54, 1.807) is 24.3 Å². The predicted octanol–water partition coefficient (Wildman–Crippen LogP) is -0.315. The van der Waals surface area contributed by atoms with E-state index in [-0.39, 0.29) is 32.1 Å². The third-order valence-corrected chi connectivity index (χ3v) is 3.21. The van der Waals surface area contributed by atoms with Crippen molar-refractivity contribution in [3.8, 4) is 17.2 Å². The minimum atomic E-state index is -0.659. The average Bonchev–Trinajstić information content (AvgIpc) is 2.61. The van der Waals surface area contributed by atoms with Crippen molar-refractivity contribution in [1.29, 1.82) is 0 Å². The van der Waals surface area contributed by atoms with Gasteiger partial charge in [-0.2, -0.15) is 9.78 Å². The monoisotopic (exact) mass is 349 g/mol. The van der Waals surface area contributed by atoms with Crippen molar-refractivity contribution in [1.82, 2.24) is 15.1 Å². The maximum Gasteiger partial charge on any atom is 0.275 e. The summed E-state index contributed by atoms with van der Waals surface area (Å²) in [6, 6.07) is 7.59. The van der Waals surface area contributed by atoms with Crippen molar-refractivity contribution in [2.45, 2.75) is 0 Å². The number of aliphatic hydroxyl groups excluding tert-OH is 1. The Morgan fingerprint density at radius 3 is 2.80 bits per heavy atom. The number of ether oxygens (including phenoxy) is 2. The fourth-order valence-corrected chi connectivity index (χ4v) is 2.07. The fraction of sp³-hybridized carbons (Fsp3) is 0.312. The van der Waals surface area contributed by atoms with Crippen LogP contribution in [-0.4, -0.2) is 59.4 Å². The molecular formula is C16H19N3O6. The van der Waals surface area contributed by atoms with Crippen LogP contribution in [0, 0.1) is 0 Å². The maximum absolute atomic E-state index is 12.2. The van der Waals surface area contributed by atoms with Gasteiger partial charge in [-0.05, 0) is 12.1 Å². The molecule has 0 bridgehead atoms. The Balaban J connectivity index is 2.26. The highest BCUT2D eigenvalue weighted by molar-refractivity contribution is 5.94. The lowest BCUT2D eigenvalue weighted by molar-refractivity contribution is 0.0832. The Labute approximate surface area is 143 Å². The number of nitrogens with zero attached hydrogens (tertiary/aromatic N) is 2. The van der Waals surface area contributed by atoms with Crippen LogP contribution in [0.2, 0.25) is 0 Å². The molecule has 0 spiro atoms. The van der Waals surface area contributed by atoms with Gasteiger partial charge in [-0.25, -0.2) is 0 Å². The molecule has 0 saturated carbocycles. The molecule has 1 heterocycles. The molecule has 0 fully saturated rings. The summed E-state index contributed by atoms with van der Waals surface area (Å²) in [6.07, 6.45) is 0. The topological polar surface area (TPSA) is 123 Å². The Hall–Kier alpha value is -2.91. The fourth-order valence-electron chi connectivity index (χ4n) is 2.07. The highest BCUT2D eigenvalue weighted by Gasteiger charge is 2.17. The summed E-state index contributed by atoms with van der Waals surface area (Å²) in [7, 11) is 1.45. The number of aromatic nitrogens is 2. The first kappa shape index (κ1) is 18.4. The van der Waals surface area contributed by atoms with Crippen molar-refractivity contribution >= 4 is 5.91 Å². The van der Waals surface area contributed by atoms with E-state index in [0.717, 1.165) is 10.7 Å². The zero-order valence-electron chi connectivity index (χ0n) is 13.6. The molecule has 3 N–H and O–H groups in total. The molecule has 9 heteroatoms. The third kappa shape index (κ3) is 4.55. The summed E-state index contributed by atoms with van der Waals surface area (Å²) in [4.78, 5) is 24.3. The van der Waals surface area contributed by atoms with Crippen LogP contribution in [0.1, 0.15) is 10.5 Å². The first-order chi connectivity index (χ1) is 12.1. The Kier molecular flexibility index (Phi) is 6.49. The molecule has 2 aromatic rings. The minimum absolute atomic E-state index is 0.111. The molecular weight excluding hydrogens is 330 g/mol. The molecule has 0 radical (unpaired) electrons. The van der Waals surface area contributed by atoms with E-state index in [1.165, 1.54) is 7.11 Å². The number of hydrogen-bond donors (Lipinski definition) is 3. The average molecular weight is 349 g/mol. The van der Waals surface area contributed by atoms with Crippen molar-refractivity contribution in [3.05, 3.63) is 46.4 Å². The normalized spacial score (nSPS) is 10.5. The maximum atomic E-state index is 12.2. The van der Waals surface area contributed by atoms with Crippen molar-refractivity contribution in [2.24, 2.45) is 0 Å². The van der Waals surface area contributed by atoms with Crippen LogP contribution in [0.15, 0.2) is 35.1 Å². The Morgan fingerprint density at radius 2 is 2.08 bits per heavy atom. The van der Waals surface area contributed by atoms with Gasteiger partial charge >= 0.3 is 0 Å². The lowest BCUT2D eigenvalue weighted by Gasteiger charge is -2.12. The van der Waals surface area contributed by atoms with Gasteiger partial charge in [0.2, 0.25) is 0 Å². The van der Waals surface area contributed by atoms with Crippen LogP contribution in [0.5, 0.6) is 11.5 Å². The Bertz CT molecular complexity index is 790. The molecule has 0 aliphatic rings. The SMILES string of the molecule is COc1ccccc1-n1nc(C(=O)NCCOCCO)c(O)cc1=O. The molecule has 134 valence electrons. The second-order valence-corrected chi connectivity index (χ2v) is 4.89. The molecule has 25 heavy (non-hydrogen) atoms. The van der Waals surface area contributed by atoms with Crippen LogP contribution < -0.4 is 15.6 Å². The van der Waals surface area contributed by atoms with Gasteiger partial charge in [0.25, 0.3) is 11.5 Å². The molecule has 9 nitrogen and oxygen atoms in total. The standard InChI is InChI=1S/C16H19N3O6/c1-24-13-5-3-2-4-11(13)19-14(22)10-12(21)15(18-19)16(23)17-6-8-25-9-7-20/h2-5,10,20-21H,6-9H2,1H3,(H,17,23). The molecule has 0 aliphatic carbocycles. The number of methoxy groups -OCH3 is 1. The summed E-state index contributed by atoms with van der Waals surface area (Å²) in [5.74, 6) is -0.787. The largest absolute Gasteiger partial charge is 0.505 e. The second kappa shape index (κ2) is 8.81. The van der Waals surface area contributed by atoms with Crippen LogP contribution in [-0.2, 0) is 4.74 Å². The molecule has 0 aliphatic heterocycles. The van der Waals surface area contributed by atoms with Gasteiger partial charge in [-0.15, -0.1) is 0 Å². The zero-order valence-corrected chi connectivity index (χ0v) is 13.6. The Morgan fingerprint density at radius 1 is 1.32 bits per heavy atom. The zero-order chi connectivity index (χ0) is 18.2. The second-order valence-electron chi connectivity index (χ2n) is 4.89. The van der Waals surface area contributed by atoms with Crippen molar-refractivity contribution in [3.63, 3.8) is 0 Å². The number of benzene rings is 1. The number of aromatic hydroxyl groups is 1. The molecule has 0 saturated heterocycles. The molecule has 2 rings (SSSR count). The van der Waals surface area contributed by atoms with E-state index in [4.69, 9.17) is 14.6 Å². The van der Waals surface area contributed by atoms with Crippen LogP contribution in [0.25, 0.3) is 5.69 Å². The summed E-state index contributed by atoms with van der Waals surface area (Å²) < 4.78 is 11.2. The summed E-state index contributed by atoms with van der Waals surface area (Å²) in [6.45, 7) is 0.408. The van der Waals surface area contributed by atoms with Crippen molar-refractivity contribution < 1.29 is 24.5 Å². The third-order valence-electron chi connectivity index (χ3n) is 3.21. The van der Waals surface area contributed by atoms with E-state index in [9.17, 15) is 14.7 Å². The summed E-state index contributed by atoms with van der Waals surface area (Å²) in [5, 5.41) is 24.9. The van der Waals surface area contributed by atoms with E-state index < -0.39 is 17.2 Å². The molecule has 1 aromatic carbocycles. The highest BCUT2D eigenvalue weighted by Crippen LogP contribution is 2.21. The van der Waals surface area contributed by atoms with Gasteiger partial charge in [0.15, 0.2) is 11.4 Å². The van der Waals surface area contributed by atoms with Crippen LogP contribution in [0.3, 0.4) is 0 Å². The summed E-state index contributed by atoms with van der Waals surface area (Å²) >= 11 is 0. The smallest absolute Gasteiger partial charge is 0.275 e. The lowest BCUT2D eigenvalue weighted by Crippen LogP contribution is -2.31. The number of rotatable bonds is 8. The number of carbonyl (C=O) groups excluding carboxylic acids is 1. The van der Waals surface area contributed by atoms with E-state index >= 15 is 0 Å². The minimum Gasteiger partial charge on any atom is -0.505 e. The van der Waals surface area contributed by atoms with Gasteiger partial charge in [-0.1, -0.05) is 12.1 Å². The van der Waals surface area contributed by atoms with Gasteiger partial charge in [-0.3, -0.25) is 9.59 Å². The molecule has 1 amide bonds. The number of carbonyl (C=O) groups is 1. The first-order valence-electron chi connectivity index (χ1n) is 7.52. The molecule has 0 atom stereocenters. The van der Waals surface area contributed by atoms with Gasteiger partial charge in [0.05, 0.1) is 26.9 Å². The number of amides is 1. The first-order valence-corrected chi connectivity index (χ1v) is 7.52. The molecule has 1 aromatic heterocycles. The van der Waals surface area contributed by atoms with Gasteiger partial charge in [0, 0.05) is 12.6 Å². The highest BCUT2D eigenvalue weighted by atomic mass is 16.5. The van der Waals surface area contributed by atoms with Crippen molar-refractivity contribution in [2.75, 3.05) is 33.5 Å². The van der Waals surface area contributed by atoms with Gasteiger partial charge < -0.3 is 25.0 Å². The van der Waals surface area contributed by atoms with E-state index in [0.29, 0.717) is 11.4 Å².